The van der Waals surface area contributed by atoms with Gasteiger partial charge >= 0.3 is 0 Å². The monoisotopic (exact) mass is 452 g/mol. The highest BCUT2D eigenvalue weighted by Gasteiger charge is 2.47. The molecule has 33 heavy (non-hydrogen) atoms. The van der Waals surface area contributed by atoms with Crippen LogP contribution in [0.2, 0.25) is 0 Å². The molecule has 0 aromatic heterocycles. The topological polar surface area (TPSA) is 66.5 Å². The molecule has 0 spiro atoms. The van der Waals surface area contributed by atoms with Gasteiger partial charge in [0.15, 0.2) is 5.78 Å². The lowest BCUT2D eigenvalue weighted by Gasteiger charge is -2.34. The highest BCUT2D eigenvalue weighted by molar-refractivity contribution is 5.98. The number of hydrogen-bond donors (Lipinski definition) is 1. The first-order valence-corrected chi connectivity index (χ1v) is 13.0. The summed E-state index contributed by atoms with van der Waals surface area (Å²) in [5.41, 5.74) is 1.69. The Morgan fingerprint density at radius 1 is 1.00 bits per heavy atom. The smallest absolute Gasteiger partial charge is 0.251 e. The largest absolute Gasteiger partial charge is 0.342 e. The SMILES string of the molecule is CC(C)C(=O)[C@H](NC(=O)c1cccc(C2CCN(C(=O)C3(C)CC3)CC2)c1)C1CCCCC1. The third kappa shape index (κ3) is 5.50. The number of ketones is 1. The summed E-state index contributed by atoms with van der Waals surface area (Å²) in [7, 11) is 0. The zero-order chi connectivity index (χ0) is 23.6. The van der Waals surface area contributed by atoms with E-state index in [1.807, 2.05) is 36.9 Å². The molecule has 1 aliphatic heterocycles. The fourth-order valence-electron chi connectivity index (χ4n) is 5.61. The number of likely N-dealkylation sites (tertiary alicyclic amines) is 1. The van der Waals surface area contributed by atoms with Gasteiger partial charge in [-0.25, -0.2) is 0 Å². The fraction of sp³-hybridized carbons (Fsp3) is 0.679. The van der Waals surface area contributed by atoms with E-state index in [-0.39, 0.29) is 35.0 Å². The number of amides is 2. The Morgan fingerprint density at radius 3 is 2.27 bits per heavy atom. The predicted molar refractivity (Wildman–Crippen MR) is 130 cm³/mol. The van der Waals surface area contributed by atoms with Gasteiger partial charge in [0.05, 0.1) is 6.04 Å². The Bertz CT molecular complexity index is 875. The molecule has 3 aliphatic rings. The average molecular weight is 453 g/mol. The van der Waals surface area contributed by atoms with Crippen LogP contribution in [0.25, 0.3) is 0 Å². The molecule has 4 rings (SSSR count). The molecular weight excluding hydrogens is 412 g/mol. The van der Waals surface area contributed by atoms with Gasteiger partial charge in [-0.1, -0.05) is 52.2 Å². The standard InChI is InChI=1S/C28H40N2O3/c1-19(2)25(31)24(21-8-5-4-6-9-21)29-26(32)23-11-7-10-22(18-23)20-12-16-30(17-13-20)27(33)28(3)14-15-28/h7,10-11,18-21,24H,4-6,8-9,12-17H2,1-3H3,(H,29,32)/t24-/m1/s1. The molecule has 0 radical (unpaired) electrons. The van der Waals surface area contributed by atoms with Crippen LogP contribution in [0, 0.1) is 17.3 Å². The van der Waals surface area contributed by atoms with Crippen LogP contribution in [0.1, 0.15) is 100 Å². The van der Waals surface area contributed by atoms with Crippen molar-refractivity contribution in [2.75, 3.05) is 13.1 Å². The zero-order valence-electron chi connectivity index (χ0n) is 20.6. The van der Waals surface area contributed by atoms with Gasteiger partial charge in [-0.2, -0.15) is 0 Å². The molecular formula is C28H40N2O3. The number of piperidine rings is 1. The third-order valence-corrected chi connectivity index (χ3v) is 8.20. The molecule has 1 N–H and O–H groups in total. The molecule has 1 aromatic rings. The van der Waals surface area contributed by atoms with E-state index in [4.69, 9.17) is 0 Å². The minimum Gasteiger partial charge on any atom is -0.342 e. The molecule has 180 valence electrons. The minimum absolute atomic E-state index is 0.0886. The minimum atomic E-state index is -0.389. The third-order valence-electron chi connectivity index (χ3n) is 8.20. The van der Waals surface area contributed by atoms with Gasteiger partial charge in [-0.05, 0) is 68.1 Å². The first kappa shape index (κ1) is 24.0. The zero-order valence-corrected chi connectivity index (χ0v) is 20.6. The molecule has 0 bridgehead atoms. The Kier molecular flexibility index (Phi) is 7.25. The lowest BCUT2D eigenvalue weighted by molar-refractivity contribution is -0.137. The van der Waals surface area contributed by atoms with Crippen molar-refractivity contribution < 1.29 is 14.4 Å². The van der Waals surface area contributed by atoms with Crippen LogP contribution in [0.5, 0.6) is 0 Å². The number of carbonyl (C=O) groups excluding carboxylic acids is 3. The number of Topliss-reactive ketones (excluding diaryl/α,β-unsaturated/α-hetero) is 1. The van der Waals surface area contributed by atoms with Crippen molar-refractivity contribution in [1.29, 1.82) is 0 Å². The van der Waals surface area contributed by atoms with E-state index in [1.165, 1.54) is 6.42 Å². The van der Waals surface area contributed by atoms with Crippen molar-refractivity contribution in [3.8, 4) is 0 Å². The van der Waals surface area contributed by atoms with Crippen LogP contribution in [0.15, 0.2) is 24.3 Å². The molecule has 5 nitrogen and oxygen atoms in total. The van der Waals surface area contributed by atoms with Gasteiger partial charge < -0.3 is 10.2 Å². The normalized spacial score (nSPS) is 22.1. The summed E-state index contributed by atoms with van der Waals surface area (Å²) in [4.78, 5) is 40.8. The van der Waals surface area contributed by atoms with Gasteiger partial charge in [-0.3, -0.25) is 14.4 Å². The highest BCUT2D eigenvalue weighted by Crippen LogP contribution is 2.47. The molecule has 1 aromatic carbocycles. The van der Waals surface area contributed by atoms with Crippen LogP contribution in [0.3, 0.4) is 0 Å². The molecule has 2 aliphatic carbocycles. The van der Waals surface area contributed by atoms with E-state index in [1.54, 1.807) is 0 Å². The Labute approximate surface area is 198 Å². The van der Waals surface area contributed by atoms with Crippen LogP contribution in [-0.4, -0.2) is 41.6 Å². The average Bonchev–Trinajstić information content (AvgIpc) is 3.60. The lowest BCUT2D eigenvalue weighted by atomic mass is 9.80. The van der Waals surface area contributed by atoms with E-state index in [0.717, 1.165) is 70.0 Å². The van der Waals surface area contributed by atoms with Crippen LogP contribution in [0.4, 0.5) is 0 Å². The van der Waals surface area contributed by atoms with E-state index in [0.29, 0.717) is 17.4 Å². The van der Waals surface area contributed by atoms with Gasteiger partial charge in [0.2, 0.25) is 5.91 Å². The second-order valence-electron chi connectivity index (χ2n) is 11.2. The van der Waals surface area contributed by atoms with Crippen molar-refractivity contribution in [2.45, 2.75) is 90.5 Å². The van der Waals surface area contributed by atoms with Crippen molar-refractivity contribution in [2.24, 2.45) is 17.3 Å². The summed E-state index contributed by atoms with van der Waals surface area (Å²) in [6.45, 7) is 7.51. The number of benzene rings is 1. The van der Waals surface area contributed by atoms with E-state index < -0.39 is 0 Å². The molecule has 1 atom stereocenters. The highest BCUT2D eigenvalue weighted by atomic mass is 16.2. The summed E-state index contributed by atoms with van der Waals surface area (Å²) in [5, 5.41) is 3.12. The number of hydrogen-bond acceptors (Lipinski definition) is 3. The lowest BCUT2D eigenvalue weighted by Crippen LogP contribution is -2.48. The maximum absolute atomic E-state index is 13.2. The van der Waals surface area contributed by atoms with Gasteiger partial charge in [-0.15, -0.1) is 0 Å². The van der Waals surface area contributed by atoms with Crippen LogP contribution >= 0.6 is 0 Å². The molecule has 1 heterocycles. The van der Waals surface area contributed by atoms with Gasteiger partial charge in [0, 0.05) is 30.0 Å². The molecule has 2 saturated carbocycles. The van der Waals surface area contributed by atoms with Crippen molar-refractivity contribution in [3.05, 3.63) is 35.4 Å². The molecule has 1 saturated heterocycles. The van der Waals surface area contributed by atoms with Crippen LogP contribution < -0.4 is 5.32 Å². The van der Waals surface area contributed by atoms with Gasteiger partial charge in [0.1, 0.15) is 0 Å². The number of carbonyl (C=O) groups is 3. The molecule has 0 unspecified atom stereocenters. The summed E-state index contributed by atoms with van der Waals surface area (Å²) in [6.07, 6.45) is 9.43. The molecule has 5 heteroatoms. The molecule has 2 amide bonds. The van der Waals surface area contributed by atoms with E-state index in [2.05, 4.69) is 18.3 Å². The predicted octanol–water partition coefficient (Wildman–Crippen LogP) is 5.10. The Hall–Kier alpha value is -2.17. The van der Waals surface area contributed by atoms with Crippen molar-refractivity contribution in [1.82, 2.24) is 10.2 Å². The van der Waals surface area contributed by atoms with Crippen LogP contribution in [-0.2, 0) is 9.59 Å². The summed E-state index contributed by atoms with van der Waals surface area (Å²) in [6, 6.07) is 7.51. The first-order valence-electron chi connectivity index (χ1n) is 13.0. The van der Waals surface area contributed by atoms with Gasteiger partial charge in [0.25, 0.3) is 5.91 Å². The molecule has 3 fully saturated rings. The van der Waals surface area contributed by atoms with Crippen molar-refractivity contribution >= 4 is 17.6 Å². The second kappa shape index (κ2) is 9.99. The maximum atomic E-state index is 13.2. The quantitative estimate of drug-likeness (QED) is 0.626. The fourth-order valence-corrected chi connectivity index (χ4v) is 5.61. The summed E-state index contributed by atoms with van der Waals surface area (Å²) in [5.74, 6) is 0.840. The first-order chi connectivity index (χ1) is 15.8. The van der Waals surface area contributed by atoms with E-state index >= 15 is 0 Å². The number of rotatable bonds is 7. The summed E-state index contributed by atoms with van der Waals surface area (Å²) >= 11 is 0. The summed E-state index contributed by atoms with van der Waals surface area (Å²) < 4.78 is 0. The van der Waals surface area contributed by atoms with Crippen molar-refractivity contribution in [3.63, 3.8) is 0 Å². The number of nitrogens with zero attached hydrogens (tertiary/aromatic N) is 1. The Balaban J connectivity index is 1.40. The van der Waals surface area contributed by atoms with E-state index in [9.17, 15) is 14.4 Å². The maximum Gasteiger partial charge on any atom is 0.251 e. The Morgan fingerprint density at radius 2 is 1.67 bits per heavy atom. The number of nitrogens with one attached hydrogen (secondary N) is 1. The second-order valence-corrected chi connectivity index (χ2v) is 11.2.